The summed E-state index contributed by atoms with van der Waals surface area (Å²) in [6, 6.07) is 4.64. The van der Waals surface area contributed by atoms with Gasteiger partial charge < -0.3 is 14.5 Å². The van der Waals surface area contributed by atoms with Crippen LogP contribution in [0, 0.1) is 0 Å². The molecule has 1 heterocycles. The van der Waals surface area contributed by atoms with Crippen molar-refractivity contribution in [2.75, 3.05) is 13.7 Å². The predicted molar refractivity (Wildman–Crippen MR) is 73.7 cm³/mol. The number of hydrogen-bond donors (Lipinski definition) is 1. The summed E-state index contributed by atoms with van der Waals surface area (Å²) >= 11 is 0. The molecule has 0 unspecified atom stereocenters. The topological polar surface area (TPSA) is 81.3 Å². The highest BCUT2D eigenvalue weighted by Gasteiger charge is 2.09. The van der Waals surface area contributed by atoms with Gasteiger partial charge in [-0.25, -0.2) is 9.78 Å². The van der Waals surface area contributed by atoms with Gasteiger partial charge in [0, 0.05) is 6.61 Å². The Morgan fingerprint density at radius 2 is 2.20 bits per heavy atom. The zero-order valence-electron chi connectivity index (χ0n) is 11.4. The largest absolute Gasteiger partial charge is 0.465 e. The molecular weight excluding hydrogens is 260 g/mol. The number of aromatic amines is 1. The number of H-pyrrole nitrogens is 1. The van der Waals surface area contributed by atoms with Gasteiger partial charge in [0.05, 0.1) is 23.6 Å². The number of carbonyl (C=O) groups excluding carboxylic acids is 1. The Labute approximate surface area is 115 Å². The number of ether oxygens (including phenoxy) is 2. The fourth-order valence-corrected chi connectivity index (χ4v) is 1.81. The fraction of sp³-hybridized carbons (Fsp3) is 0.357. The van der Waals surface area contributed by atoms with Crippen LogP contribution in [0.3, 0.4) is 0 Å². The first kappa shape index (κ1) is 14.2. The molecule has 1 N–H and O–H groups in total. The minimum atomic E-state index is -0.460. The normalized spacial score (nSPS) is 10.7. The van der Waals surface area contributed by atoms with Crippen LogP contribution in [0.15, 0.2) is 23.0 Å². The average Bonchev–Trinajstić information content (AvgIpc) is 2.46. The summed E-state index contributed by atoms with van der Waals surface area (Å²) < 4.78 is 10.00. The molecule has 0 aliphatic rings. The lowest BCUT2D eigenvalue weighted by atomic mass is 10.1. The molecule has 1 aromatic carbocycles. The molecule has 2 aromatic rings. The van der Waals surface area contributed by atoms with E-state index >= 15 is 0 Å². The number of carbonyl (C=O) groups is 1. The summed E-state index contributed by atoms with van der Waals surface area (Å²) in [6.07, 6.45) is 0.893. The van der Waals surface area contributed by atoms with Crippen LogP contribution >= 0.6 is 0 Å². The predicted octanol–water partition coefficient (Wildman–Crippen LogP) is 1.64. The highest BCUT2D eigenvalue weighted by molar-refractivity contribution is 5.93. The van der Waals surface area contributed by atoms with Gasteiger partial charge in [-0.15, -0.1) is 0 Å². The molecule has 106 valence electrons. The van der Waals surface area contributed by atoms with Gasteiger partial charge in [0.1, 0.15) is 12.4 Å². The molecule has 0 bridgehead atoms. The SMILES string of the molecule is CCCOCc1nc2cc(C(=O)OC)ccc2c(=O)[nH]1. The molecule has 2 rings (SSSR count). The van der Waals surface area contributed by atoms with Crippen molar-refractivity contribution in [3.63, 3.8) is 0 Å². The molecule has 0 fully saturated rings. The Kier molecular flexibility index (Phi) is 4.47. The van der Waals surface area contributed by atoms with Crippen molar-refractivity contribution >= 4 is 16.9 Å². The first-order valence-corrected chi connectivity index (χ1v) is 6.34. The lowest BCUT2D eigenvalue weighted by Gasteiger charge is -2.05. The summed E-state index contributed by atoms with van der Waals surface area (Å²) in [7, 11) is 1.31. The number of esters is 1. The molecule has 0 radical (unpaired) electrons. The molecule has 0 saturated heterocycles. The number of nitrogens with one attached hydrogen (secondary N) is 1. The van der Waals surface area contributed by atoms with E-state index in [2.05, 4.69) is 14.7 Å². The van der Waals surface area contributed by atoms with Crippen LogP contribution in [-0.4, -0.2) is 29.7 Å². The van der Waals surface area contributed by atoms with Crippen molar-refractivity contribution in [2.45, 2.75) is 20.0 Å². The molecule has 0 atom stereocenters. The fourth-order valence-electron chi connectivity index (χ4n) is 1.81. The van der Waals surface area contributed by atoms with Gasteiger partial charge in [-0.05, 0) is 24.6 Å². The van der Waals surface area contributed by atoms with Gasteiger partial charge in [0.15, 0.2) is 0 Å². The van der Waals surface area contributed by atoms with Gasteiger partial charge in [-0.1, -0.05) is 6.92 Å². The van der Waals surface area contributed by atoms with Crippen molar-refractivity contribution in [3.8, 4) is 0 Å². The molecule has 0 spiro atoms. The summed E-state index contributed by atoms with van der Waals surface area (Å²) in [5, 5.41) is 0.428. The first-order valence-electron chi connectivity index (χ1n) is 6.34. The van der Waals surface area contributed by atoms with Crippen LogP contribution in [0.4, 0.5) is 0 Å². The molecular formula is C14H16N2O4. The van der Waals surface area contributed by atoms with Gasteiger partial charge >= 0.3 is 5.97 Å². The Hall–Kier alpha value is -2.21. The van der Waals surface area contributed by atoms with Crippen molar-refractivity contribution in [1.82, 2.24) is 9.97 Å². The zero-order chi connectivity index (χ0) is 14.5. The maximum absolute atomic E-state index is 11.9. The lowest BCUT2D eigenvalue weighted by molar-refractivity contribution is 0.0601. The second kappa shape index (κ2) is 6.29. The summed E-state index contributed by atoms with van der Waals surface area (Å²) in [4.78, 5) is 30.4. The number of methoxy groups -OCH3 is 1. The van der Waals surface area contributed by atoms with E-state index in [9.17, 15) is 9.59 Å². The van der Waals surface area contributed by atoms with E-state index in [0.29, 0.717) is 28.9 Å². The molecule has 6 nitrogen and oxygen atoms in total. The molecule has 0 saturated carbocycles. The molecule has 1 aromatic heterocycles. The Balaban J connectivity index is 2.39. The molecule has 0 aliphatic heterocycles. The van der Waals surface area contributed by atoms with E-state index in [4.69, 9.17) is 4.74 Å². The van der Waals surface area contributed by atoms with Crippen molar-refractivity contribution in [3.05, 3.63) is 39.9 Å². The van der Waals surface area contributed by atoms with Crippen LogP contribution in [0.2, 0.25) is 0 Å². The standard InChI is InChI=1S/C14H16N2O4/c1-3-6-20-8-12-15-11-7-9(14(18)19-2)4-5-10(11)13(17)16-12/h4-5,7H,3,6,8H2,1-2H3,(H,15,16,17). The second-order valence-corrected chi connectivity index (χ2v) is 4.29. The second-order valence-electron chi connectivity index (χ2n) is 4.29. The van der Waals surface area contributed by atoms with E-state index in [-0.39, 0.29) is 12.2 Å². The average molecular weight is 276 g/mol. The maximum Gasteiger partial charge on any atom is 0.337 e. The van der Waals surface area contributed by atoms with Crippen LogP contribution in [-0.2, 0) is 16.1 Å². The van der Waals surface area contributed by atoms with E-state index in [0.717, 1.165) is 6.42 Å². The van der Waals surface area contributed by atoms with Crippen LogP contribution in [0.5, 0.6) is 0 Å². The van der Waals surface area contributed by atoms with E-state index in [1.54, 1.807) is 18.2 Å². The van der Waals surface area contributed by atoms with Gasteiger partial charge in [0.25, 0.3) is 5.56 Å². The molecule has 20 heavy (non-hydrogen) atoms. The number of aromatic nitrogens is 2. The van der Waals surface area contributed by atoms with Gasteiger partial charge in [-0.2, -0.15) is 0 Å². The van der Waals surface area contributed by atoms with E-state index in [1.165, 1.54) is 7.11 Å². The number of nitrogens with zero attached hydrogens (tertiary/aromatic N) is 1. The van der Waals surface area contributed by atoms with Crippen molar-refractivity contribution in [2.24, 2.45) is 0 Å². The monoisotopic (exact) mass is 276 g/mol. The summed E-state index contributed by atoms with van der Waals surface area (Å²) in [5.41, 5.74) is 0.562. The van der Waals surface area contributed by atoms with Crippen LogP contribution < -0.4 is 5.56 Å². The summed E-state index contributed by atoms with van der Waals surface area (Å²) in [5.74, 6) is -0.0178. The Morgan fingerprint density at radius 3 is 2.90 bits per heavy atom. The first-order chi connectivity index (χ1) is 9.65. The molecule has 0 amide bonds. The molecule has 0 aliphatic carbocycles. The van der Waals surface area contributed by atoms with Gasteiger partial charge in [-0.3, -0.25) is 4.79 Å². The number of fused-ring (bicyclic) bond motifs is 1. The Bertz CT molecular complexity index is 678. The highest BCUT2D eigenvalue weighted by atomic mass is 16.5. The number of hydrogen-bond acceptors (Lipinski definition) is 5. The third kappa shape index (κ3) is 3.03. The highest BCUT2D eigenvalue weighted by Crippen LogP contribution is 2.11. The van der Waals surface area contributed by atoms with E-state index in [1.807, 2.05) is 6.92 Å². The van der Waals surface area contributed by atoms with E-state index < -0.39 is 5.97 Å². The Morgan fingerprint density at radius 1 is 1.40 bits per heavy atom. The lowest BCUT2D eigenvalue weighted by Crippen LogP contribution is -2.13. The maximum atomic E-state index is 11.9. The third-order valence-corrected chi connectivity index (χ3v) is 2.76. The van der Waals surface area contributed by atoms with Crippen LogP contribution in [0.1, 0.15) is 29.5 Å². The third-order valence-electron chi connectivity index (χ3n) is 2.76. The van der Waals surface area contributed by atoms with Crippen molar-refractivity contribution < 1.29 is 14.3 Å². The number of benzene rings is 1. The minimum absolute atomic E-state index is 0.238. The van der Waals surface area contributed by atoms with Crippen LogP contribution in [0.25, 0.3) is 10.9 Å². The quantitative estimate of drug-likeness (QED) is 0.663. The van der Waals surface area contributed by atoms with Crippen molar-refractivity contribution in [1.29, 1.82) is 0 Å². The zero-order valence-corrected chi connectivity index (χ0v) is 11.4. The number of rotatable bonds is 5. The minimum Gasteiger partial charge on any atom is -0.465 e. The smallest absolute Gasteiger partial charge is 0.337 e. The van der Waals surface area contributed by atoms with Gasteiger partial charge in [0.2, 0.25) is 0 Å². The molecule has 6 heteroatoms. The summed E-state index contributed by atoms with van der Waals surface area (Å²) in [6.45, 7) is 2.84.